The number of rotatable bonds is 9. The molecule has 3 rings (SSSR count). The number of nitrogens with one attached hydrogen (secondary N) is 1. The molecule has 2 aromatic carbocycles. The minimum Gasteiger partial charge on any atom is -0.491 e. The largest absolute Gasteiger partial charge is 0.491 e. The van der Waals surface area contributed by atoms with E-state index in [2.05, 4.69) is 6.92 Å². The molecule has 2 N–H and O–H groups in total. The van der Waals surface area contributed by atoms with Gasteiger partial charge in [-0.25, -0.2) is 0 Å². The van der Waals surface area contributed by atoms with Crippen molar-refractivity contribution >= 4 is 11.0 Å². The number of aliphatic hydroxyl groups excluding tert-OH is 1. The normalized spacial score (nSPS) is 12.4. The molecule has 27 heavy (non-hydrogen) atoms. The van der Waals surface area contributed by atoms with E-state index in [-0.39, 0.29) is 6.61 Å². The van der Waals surface area contributed by atoms with E-state index in [1.807, 2.05) is 64.6 Å². The van der Waals surface area contributed by atoms with Gasteiger partial charge in [0.05, 0.1) is 17.6 Å². The van der Waals surface area contributed by atoms with Crippen LogP contribution in [0.15, 0.2) is 48.5 Å². The summed E-state index contributed by atoms with van der Waals surface area (Å²) in [6.07, 6.45) is 2.68. The Labute approximate surface area is 160 Å². The average molecular weight is 367 g/mol. The third-order valence-electron chi connectivity index (χ3n) is 4.79. The van der Waals surface area contributed by atoms with Crippen LogP contribution in [-0.4, -0.2) is 27.0 Å². The molecule has 0 radical (unpaired) electrons. The molecule has 0 aliphatic rings. The molecular formula is C22H29N3O2. The van der Waals surface area contributed by atoms with Gasteiger partial charge in [-0.15, -0.1) is 0 Å². The summed E-state index contributed by atoms with van der Waals surface area (Å²) in [6.45, 7) is 5.56. The van der Waals surface area contributed by atoms with Gasteiger partial charge in [-0.05, 0) is 43.2 Å². The molecule has 5 nitrogen and oxygen atoms in total. The Bertz CT molecular complexity index is 942. The fourth-order valence-electron chi connectivity index (χ4n) is 3.39. The quantitative estimate of drug-likeness (QED) is 0.564. The molecule has 0 fully saturated rings. The molecule has 0 saturated carbocycles. The number of aryl methyl sites for hydroxylation is 2. The number of aliphatic hydroxyl groups is 1. The summed E-state index contributed by atoms with van der Waals surface area (Å²) in [4.78, 5) is 0. The topological polar surface area (TPSA) is 63.2 Å². The van der Waals surface area contributed by atoms with Crippen molar-refractivity contribution in [2.75, 3.05) is 6.61 Å². The van der Waals surface area contributed by atoms with Gasteiger partial charge in [0.2, 0.25) is 5.62 Å². The SMILES string of the molecule is CCCCCn1c(=N)n(CC(O)COc2cccc(C)c2)c2ccccc21. The number of hydrogen-bond donors (Lipinski definition) is 2. The summed E-state index contributed by atoms with van der Waals surface area (Å²) >= 11 is 0. The summed E-state index contributed by atoms with van der Waals surface area (Å²) in [5.41, 5.74) is 3.58. The molecule has 1 aromatic heterocycles. The van der Waals surface area contributed by atoms with Crippen LogP contribution in [0.5, 0.6) is 5.75 Å². The molecule has 0 spiro atoms. The Morgan fingerprint density at radius 3 is 2.48 bits per heavy atom. The van der Waals surface area contributed by atoms with Crippen LogP contribution in [0.4, 0.5) is 0 Å². The zero-order valence-electron chi connectivity index (χ0n) is 16.2. The Hall–Kier alpha value is -2.53. The molecule has 0 aliphatic heterocycles. The van der Waals surface area contributed by atoms with Gasteiger partial charge in [-0.3, -0.25) is 5.41 Å². The number of nitrogens with zero attached hydrogens (tertiary/aromatic N) is 2. The van der Waals surface area contributed by atoms with E-state index in [0.29, 0.717) is 12.2 Å². The lowest BCUT2D eigenvalue weighted by molar-refractivity contribution is 0.0920. The smallest absolute Gasteiger partial charge is 0.203 e. The molecule has 5 heteroatoms. The first-order chi connectivity index (χ1) is 13.1. The van der Waals surface area contributed by atoms with Gasteiger partial charge in [0.1, 0.15) is 18.5 Å². The van der Waals surface area contributed by atoms with E-state index in [0.717, 1.165) is 48.2 Å². The van der Waals surface area contributed by atoms with Crippen molar-refractivity contribution in [3.63, 3.8) is 0 Å². The lowest BCUT2D eigenvalue weighted by Gasteiger charge is -2.14. The number of hydrogen-bond acceptors (Lipinski definition) is 3. The molecular weight excluding hydrogens is 338 g/mol. The maximum Gasteiger partial charge on any atom is 0.203 e. The number of aromatic nitrogens is 2. The number of para-hydroxylation sites is 2. The molecule has 1 unspecified atom stereocenters. The summed E-state index contributed by atoms with van der Waals surface area (Å²) < 4.78 is 9.65. The highest BCUT2D eigenvalue weighted by Gasteiger charge is 2.14. The lowest BCUT2D eigenvalue weighted by atomic mass is 10.2. The second-order valence-electron chi connectivity index (χ2n) is 7.06. The van der Waals surface area contributed by atoms with Crippen molar-refractivity contribution in [3.8, 4) is 5.75 Å². The summed E-state index contributed by atoms with van der Waals surface area (Å²) in [7, 11) is 0. The van der Waals surface area contributed by atoms with E-state index in [1.165, 1.54) is 0 Å². The number of imidazole rings is 1. The maximum atomic E-state index is 10.5. The first-order valence-electron chi connectivity index (χ1n) is 9.70. The van der Waals surface area contributed by atoms with Gasteiger partial charge in [-0.1, -0.05) is 44.0 Å². The number of ether oxygens (including phenoxy) is 1. The van der Waals surface area contributed by atoms with E-state index in [1.54, 1.807) is 0 Å². The first kappa shape index (κ1) is 19.2. The van der Waals surface area contributed by atoms with Crippen LogP contribution in [0.1, 0.15) is 31.7 Å². The van der Waals surface area contributed by atoms with Crippen LogP contribution in [-0.2, 0) is 13.1 Å². The van der Waals surface area contributed by atoms with Crippen molar-refractivity contribution in [1.82, 2.24) is 9.13 Å². The molecule has 0 amide bonds. The van der Waals surface area contributed by atoms with Crippen molar-refractivity contribution in [1.29, 1.82) is 5.41 Å². The van der Waals surface area contributed by atoms with Crippen LogP contribution in [0.2, 0.25) is 0 Å². The summed E-state index contributed by atoms with van der Waals surface area (Å²) in [5.74, 6) is 0.757. The zero-order valence-corrected chi connectivity index (χ0v) is 16.2. The van der Waals surface area contributed by atoms with Gasteiger partial charge >= 0.3 is 0 Å². The van der Waals surface area contributed by atoms with Crippen LogP contribution >= 0.6 is 0 Å². The van der Waals surface area contributed by atoms with Crippen LogP contribution in [0.3, 0.4) is 0 Å². The Balaban J connectivity index is 1.75. The van der Waals surface area contributed by atoms with Crippen molar-refractivity contribution < 1.29 is 9.84 Å². The Kier molecular flexibility index (Phi) is 6.35. The maximum absolute atomic E-state index is 10.5. The molecule has 144 valence electrons. The fraction of sp³-hybridized carbons (Fsp3) is 0.409. The monoisotopic (exact) mass is 367 g/mol. The van der Waals surface area contributed by atoms with Crippen molar-refractivity contribution in [3.05, 3.63) is 59.7 Å². The minimum atomic E-state index is -0.686. The van der Waals surface area contributed by atoms with E-state index >= 15 is 0 Å². The lowest BCUT2D eigenvalue weighted by Crippen LogP contribution is -2.31. The zero-order chi connectivity index (χ0) is 19.2. The predicted octanol–water partition coefficient (Wildman–Crippen LogP) is 3.86. The third kappa shape index (κ3) is 4.61. The molecule has 3 aromatic rings. The summed E-state index contributed by atoms with van der Waals surface area (Å²) in [5, 5.41) is 19.1. The van der Waals surface area contributed by atoms with Gasteiger partial charge in [0.15, 0.2) is 0 Å². The number of fused-ring (bicyclic) bond motifs is 1. The second kappa shape index (κ2) is 8.91. The highest BCUT2D eigenvalue weighted by Crippen LogP contribution is 2.16. The van der Waals surface area contributed by atoms with Crippen LogP contribution in [0.25, 0.3) is 11.0 Å². The average Bonchev–Trinajstić information content (AvgIpc) is 2.92. The molecule has 1 atom stereocenters. The molecule has 1 heterocycles. The molecule has 0 saturated heterocycles. The Morgan fingerprint density at radius 2 is 1.78 bits per heavy atom. The van der Waals surface area contributed by atoms with Gasteiger partial charge in [-0.2, -0.15) is 0 Å². The highest BCUT2D eigenvalue weighted by molar-refractivity contribution is 5.75. The highest BCUT2D eigenvalue weighted by atomic mass is 16.5. The second-order valence-corrected chi connectivity index (χ2v) is 7.06. The number of unbranched alkanes of at least 4 members (excludes halogenated alkanes) is 2. The Morgan fingerprint density at radius 1 is 1.04 bits per heavy atom. The van der Waals surface area contributed by atoms with Crippen LogP contribution in [0, 0.1) is 12.3 Å². The summed E-state index contributed by atoms with van der Waals surface area (Å²) in [6, 6.07) is 15.8. The minimum absolute atomic E-state index is 0.200. The van der Waals surface area contributed by atoms with Crippen molar-refractivity contribution in [2.24, 2.45) is 0 Å². The van der Waals surface area contributed by atoms with E-state index in [4.69, 9.17) is 10.1 Å². The van der Waals surface area contributed by atoms with Gasteiger partial charge in [0, 0.05) is 6.54 Å². The fourth-order valence-corrected chi connectivity index (χ4v) is 3.39. The predicted molar refractivity (Wildman–Crippen MR) is 108 cm³/mol. The standard InChI is InChI=1S/C22H29N3O2/c1-3-4-7-13-24-20-11-5-6-12-21(20)25(22(24)23)15-18(26)16-27-19-10-8-9-17(2)14-19/h5-6,8-12,14,18,23,26H,3-4,7,13,15-16H2,1-2H3. The number of benzene rings is 2. The van der Waals surface area contributed by atoms with E-state index in [9.17, 15) is 5.11 Å². The first-order valence-corrected chi connectivity index (χ1v) is 9.70. The van der Waals surface area contributed by atoms with E-state index < -0.39 is 6.10 Å². The van der Waals surface area contributed by atoms with Crippen molar-refractivity contribution in [2.45, 2.75) is 52.3 Å². The third-order valence-corrected chi connectivity index (χ3v) is 4.79. The van der Waals surface area contributed by atoms with Gasteiger partial charge < -0.3 is 19.0 Å². The van der Waals surface area contributed by atoms with Crippen LogP contribution < -0.4 is 10.4 Å². The molecule has 0 aliphatic carbocycles. The molecule has 0 bridgehead atoms. The van der Waals surface area contributed by atoms with Gasteiger partial charge in [0.25, 0.3) is 0 Å².